The van der Waals surface area contributed by atoms with Crippen molar-refractivity contribution in [3.05, 3.63) is 29.6 Å². The molecule has 4 N–H and O–H groups in total. The number of fused-ring (bicyclic) bond motifs is 1. The third-order valence-electron chi connectivity index (χ3n) is 4.80. The number of hydrogen-bond acceptors (Lipinski definition) is 8. The molecule has 2 aromatic heterocycles. The van der Waals surface area contributed by atoms with E-state index in [1.807, 2.05) is 0 Å². The molecule has 4 atom stereocenters. The van der Waals surface area contributed by atoms with E-state index in [-0.39, 0.29) is 24.1 Å². The molecule has 27 heavy (non-hydrogen) atoms. The highest BCUT2D eigenvalue weighted by Gasteiger charge is 2.52. The van der Waals surface area contributed by atoms with E-state index in [1.165, 1.54) is 22.3 Å². The number of hydrogen-bond donors (Lipinski definition) is 4. The van der Waals surface area contributed by atoms with Crippen LogP contribution in [0.3, 0.4) is 0 Å². The molecule has 0 bridgehead atoms. The fourth-order valence-electron chi connectivity index (χ4n) is 3.01. The first-order valence-electron chi connectivity index (χ1n) is 8.62. The predicted octanol–water partition coefficient (Wildman–Crippen LogP) is -0.684. The van der Waals surface area contributed by atoms with Gasteiger partial charge in [-0.05, 0) is 19.1 Å². The molecule has 0 saturated carbocycles. The second kappa shape index (κ2) is 7.04. The first-order valence-corrected chi connectivity index (χ1v) is 8.62. The van der Waals surface area contributed by atoms with E-state index in [2.05, 4.69) is 5.10 Å². The van der Waals surface area contributed by atoms with Gasteiger partial charge in [0.05, 0.1) is 18.2 Å². The highest BCUT2D eigenvalue weighted by molar-refractivity contribution is 5.71. The quantitative estimate of drug-likeness (QED) is 0.503. The monoisotopic (exact) mass is 380 g/mol. The topological polar surface area (TPSA) is 142 Å². The zero-order valence-electron chi connectivity index (χ0n) is 15.4. The molecule has 1 saturated heterocycles. The molecule has 148 valence electrons. The molecule has 0 spiro atoms. The van der Waals surface area contributed by atoms with Crippen LogP contribution in [0.15, 0.2) is 18.5 Å². The van der Waals surface area contributed by atoms with Crippen LogP contribution in [0.25, 0.3) is 5.52 Å². The normalized spacial score (nSPS) is 28.2. The van der Waals surface area contributed by atoms with E-state index in [0.717, 1.165) is 0 Å². The van der Waals surface area contributed by atoms with Gasteiger partial charge in [0.25, 0.3) is 0 Å². The predicted molar refractivity (Wildman–Crippen MR) is 91.3 cm³/mol. The molecule has 3 heterocycles. The molecule has 1 aliphatic heterocycles. The lowest BCUT2D eigenvalue weighted by Crippen LogP contribution is -2.43. The molecular formula is C17H24N4O6. The van der Waals surface area contributed by atoms with Crippen LogP contribution < -0.4 is 5.49 Å². The standard InChI is InChI=1S/C17H24N4O6/c1-9(2)16(25)26-8-20-7-19-21-10(4-5-11(21)15(20)18)13-12(23)14(24)17(3,6-22)27-13/h4-5,7,9,12-14,18,22-24H,6,8H2,1-3H3/t12-,13-,14-,17+/m0/s1. The van der Waals surface area contributed by atoms with Gasteiger partial charge in [-0.1, -0.05) is 13.8 Å². The highest BCUT2D eigenvalue weighted by Crippen LogP contribution is 2.39. The molecule has 1 fully saturated rings. The Morgan fingerprint density at radius 1 is 1.44 bits per heavy atom. The summed E-state index contributed by atoms with van der Waals surface area (Å²) in [5.41, 5.74) is -0.382. The Labute approximate surface area is 155 Å². The summed E-state index contributed by atoms with van der Waals surface area (Å²) in [6.07, 6.45) is -2.09. The van der Waals surface area contributed by atoms with Crippen LogP contribution in [0.4, 0.5) is 0 Å². The van der Waals surface area contributed by atoms with Crippen LogP contribution in [-0.4, -0.2) is 59.9 Å². The third-order valence-corrected chi connectivity index (χ3v) is 4.80. The Balaban J connectivity index is 1.91. The Kier molecular flexibility index (Phi) is 5.08. The molecule has 0 amide bonds. The molecule has 10 nitrogen and oxygen atoms in total. The molecule has 1 aliphatic rings. The van der Waals surface area contributed by atoms with Gasteiger partial charge < -0.3 is 24.8 Å². The number of aromatic nitrogens is 3. The SMILES string of the molecule is CC(C)C(=O)OCn1cnn2c([C@@H]3O[C@](C)(CO)[C@@H](O)[C@H]3O)ccc2c1=N. The molecule has 10 heteroatoms. The zero-order chi connectivity index (χ0) is 19.9. The van der Waals surface area contributed by atoms with E-state index in [9.17, 15) is 20.1 Å². The fourth-order valence-corrected chi connectivity index (χ4v) is 3.01. The lowest BCUT2D eigenvalue weighted by Gasteiger charge is -2.24. The molecule has 3 rings (SSSR count). The first-order chi connectivity index (χ1) is 12.7. The lowest BCUT2D eigenvalue weighted by atomic mass is 9.97. The summed E-state index contributed by atoms with van der Waals surface area (Å²) in [5, 5.41) is 42.5. The number of esters is 1. The molecule has 0 radical (unpaired) electrons. The van der Waals surface area contributed by atoms with Crippen molar-refractivity contribution in [2.75, 3.05) is 6.61 Å². The van der Waals surface area contributed by atoms with E-state index in [4.69, 9.17) is 14.9 Å². The number of ether oxygens (including phenoxy) is 2. The lowest BCUT2D eigenvalue weighted by molar-refractivity contribution is -0.151. The van der Waals surface area contributed by atoms with Crippen molar-refractivity contribution in [2.45, 2.75) is 51.4 Å². The number of carbonyl (C=O) groups excluding carboxylic acids is 1. The van der Waals surface area contributed by atoms with Gasteiger partial charge in [-0.2, -0.15) is 5.10 Å². The maximum absolute atomic E-state index is 11.6. The summed E-state index contributed by atoms with van der Waals surface area (Å²) >= 11 is 0. The van der Waals surface area contributed by atoms with Gasteiger partial charge in [-0.3, -0.25) is 14.8 Å². The second-order valence-electron chi connectivity index (χ2n) is 7.20. The van der Waals surface area contributed by atoms with E-state index < -0.39 is 30.5 Å². The first kappa shape index (κ1) is 19.5. The van der Waals surface area contributed by atoms with Crippen molar-refractivity contribution in [1.29, 1.82) is 5.41 Å². The Morgan fingerprint density at radius 2 is 2.15 bits per heavy atom. The number of nitrogens with zero attached hydrogens (tertiary/aromatic N) is 3. The van der Waals surface area contributed by atoms with Crippen LogP contribution in [-0.2, 0) is 21.0 Å². The van der Waals surface area contributed by atoms with Crippen molar-refractivity contribution in [3.8, 4) is 0 Å². The minimum absolute atomic E-state index is 0.0609. The minimum Gasteiger partial charge on any atom is -0.444 e. The van der Waals surface area contributed by atoms with Crippen molar-refractivity contribution < 1.29 is 29.6 Å². The zero-order valence-corrected chi connectivity index (χ0v) is 15.4. The van der Waals surface area contributed by atoms with Crippen LogP contribution in [0.5, 0.6) is 0 Å². The largest absolute Gasteiger partial charge is 0.444 e. The van der Waals surface area contributed by atoms with Crippen LogP contribution in [0.1, 0.15) is 32.6 Å². The van der Waals surface area contributed by atoms with E-state index in [0.29, 0.717) is 11.2 Å². The summed E-state index contributed by atoms with van der Waals surface area (Å²) in [4.78, 5) is 11.6. The number of rotatable bonds is 5. The van der Waals surface area contributed by atoms with Crippen LogP contribution in [0, 0.1) is 11.3 Å². The number of nitrogens with one attached hydrogen (secondary N) is 1. The molecule has 0 unspecified atom stereocenters. The average molecular weight is 380 g/mol. The maximum atomic E-state index is 11.6. The van der Waals surface area contributed by atoms with Gasteiger partial charge in [0.2, 0.25) is 0 Å². The van der Waals surface area contributed by atoms with Gasteiger partial charge in [0.1, 0.15) is 35.8 Å². The van der Waals surface area contributed by atoms with Gasteiger partial charge in [0, 0.05) is 0 Å². The van der Waals surface area contributed by atoms with Crippen LogP contribution >= 0.6 is 0 Å². The van der Waals surface area contributed by atoms with Crippen molar-refractivity contribution in [3.63, 3.8) is 0 Å². The van der Waals surface area contributed by atoms with Gasteiger partial charge in [0.15, 0.2) is 12.2 Å². The molecule has 0 aliphatic carbocycles. The van der Waals surface area contributed by atoms with Crippen molar-refractivity contribution in [2.24, 2.45) is 5.92 Å². The average Bonchev–Trinajstić information content (AvgIpc) is 3.16. The minimum atomic E-state index is -1.29. The summed E-state index contributed by atoms with van der Waals surface area (Å²) in [6, 6.07) is 3.26. The highest BCUT2D eigenvalue weighted by atomic mass is 16.6. The van der Waals surface area contributed by atoms with Crippen molar-refractivity contribution >= 4 is 11.5 Å². The number of aliphatic hydroxyl groups excluding tert-OH is 3. The molecular weight excluding hydrogens is 356 g/mol. The van der Waals surface area contributed by atoms with E-state index in [1.54, 1.807) is 26.0 Å². The Bertz CT molecular complexity index is 906. The fraction of sp³-hybridized carbons (Fsp3) is 0.588. The summed E-state index contributed by atoms with van der Waals surface area (Å²) in [6.45, 7) is 4.36. The maximum Gasteiger partial charge on any atom is 0.310 e. The smallest absolute Gasteiger partial charge is 0.310 e. The van der Waals surface area contributed by atoms with Gasteiger partial charge >= 0.3 is 5.97 Å². The molecule has 2 aromatic rings. The Morgan fingerprint density at radius 3 is 2.74 bits per heavy atom. The molecule has 0 aromatic carbocycles. The number of aliphatic hydroxyl groups is 3. The second-order valence-corrected chi connectivity index (χ2v) is 7.20. The van der Waals surface area contributed by atoms with Crippen molar-refractivity contribution in [1.82, 2.24) is 14.2 Å². The summed E-state index contributed by atoms with van der Waals surface area (Å²) in [7, 11) is 0. The van der Waals surface area contributed by atoms with Crippen LogP contribution in [0.2, 0.25) is 0 Å². The third kappa shape index (κ3) is 3.25. The van der Waals surface area contributed by atoms with E-state index >= 15 is 0 Å². The summed E-state index contributed by atoms with van der Waals surface area (Å²) < 4.78 is 13.6. The Hall–Kier alpha value is -2.27. The summed E-state index contributed by atoms with van der Waals surface area (Å²) in [5.74, 6) is -0.651. The van der Waals surface area contributed by atoms with Gasteiger partial charge in [-0.15, -0.1) is 0 Å². The number of carbonyl (C=O) groups is 1. The van der Waals surface area contributed by atoms with Gasteiger partial charge in [-0.25, -0.2) is 4.52 Å².